The maximum atomic E-state index is 11.9. The van der Waals surface area contributed by atoms with Crippen LogP contribution in [0.25, 0.3) is 0 Å². The highest BCUT2D eigenvalue weighted by Crippen LogP contribution is 2.01. The van der Waals surface area contributed by atoms with Crippen molar-refractivity contribution in [2.45, 2.75) is 0 Å². The lowest BCUT2D eigenvalue weighted by molar-refractivity contribution is -0.151. The lowest BCUT2D eigenvalue weighted by atomic mass is 10.3. The van der Waals surface area contributed by atoms with Gasteiger partial charge in [-0.15, -0.1) is 0 Å². The minimum absolute atomic E-state index is 0.799. The number of halogens is 2. The maximum absolute atomic E-state index is 11.9. The second kappa shape index (κ2) is 6.47. The van der Waals surface area contributed by atoms with Gasteiger partial charge < -0.3 is 10.5 Å². The fourth-order valence-electron chi connectivity index (χ4n) is 0.540. The summed E-state index contributed by atoms with van der Waals surface area (Å²) < 4.78 is 27.8. The van der Waals surface area contributed by atoms with Crippen LogP contribution in [-0.4, -0.2) is 19.0 Å². The van der Waals surface area contributed by atoms with Crippen LogP contribution in [0, 0.1) is 11.6 Å². The number of carbonyl (C=O) groups excluding carboxylic acids is 2. The second-order valence-corrected chi connectivity index (χ2v) is 2.27. The molecule has 0 spiro atoms. The van der Waals surface area contributed by atoms with Crippen LogP contribution in [0.1, 0.15) is 0 Å². The van der Waals surface area contributed by atoms with Gasteiger partial charge in [0.15, 0.2) is 11.6 Å². The summed E-state index contributed by atoms with van der Waals surface area (Å²) in [6, 6.07) is 5.04. The molecule has 2 N–H and O–H groups in total. The van der Waals surface area contributed by atoms with Crippen LogP contribution < -0.4 is 5.73 Å². The Morgan fingerprint density at radius 2 is 1.60 bits per heavy atom. The van der Waals surface area contributed by atoms with Gasteiger partial charge in [0.2, 0.25) is 0 Å². The lowest BCUT2D eigenvalue weighted by Gasteiger charge is -1.86. The third kappa shape index (κ3) is 5.35. The van der Waals surface area contributed by atoms with Crippen molar-refractivity contribution >= 4 is 11.9 Å². The zero-order valence-corrected chi connectivity index (χ0v) is 7.87. The number of ether oxygens (including phenoxy) is 1. The van der Waals surface area contributed by atoms with Crippen molar-refractivity contribution in [1.82, 2.24) is 0 Å². The predicted octanol–water partition coefficient (Wildman–Crippen LogP) is 0.609. The van der Waals surface area contributed by atoms with E-state index >= 15 is 0 Å². The summed E-state index contributed by atoms with van der Waals surface area (Å²) in [6.45, 7) is 0. The molecule has 0 fully saturated rings. The number of hydrogen-bond donors (Lipinski definition) is 1. The normalized spacial score (nSPS) is 8.47. The smallest absolute Gasteiger partial charge is 0.396 e. The van der Waals surface area contributed by atoms with E-state index < -0.39 is 23.5 Å². The average Bonchev–Trinajstić information content (AvgIpc) is 2.22. The molecule has 0 atom stereocenters. The minimum Gasteiger partial charge on any atom is -0.462 e. The van der Waals surface area contributed by atoms with Gasteiger partial charge in [-0.3, -0.25) is 4.79 Å². The van der Waals surface area contributed by atoms with Crippen molar-refractivity contribution < 1.29 is 23.1 Å². The quantitative estimate of drug-likeness (QED) is 0.511. The van der Waals surface area contributed by atoms with Gasteiger partial charge in [0.25, 0.3) is 0 Å². The molecular weight excluding hydrogens is 208 g/mol. The van der Waals surface area contributed by atoms with Gasteiger partial charge in [0.05, 0.1) is 7.11 Å². The fraction of sp³-hybridized carbons (Fsp3) is 0.111. The first-order valence-electron chi connectivity index (χ1n) is 3.76. The molecule has 4 nitrogen and oxygen atoms in total. The molecule has 0 saturated heterocycles. The van der Waals surface area contributed by atoms with Crippen LogP contribution >= 0.6 is 0 Å². The Bertz CT molecular complexity index is 334. The van der Waals surface area contributed by atoms with Gasteiger partial charge in [0, 0.05) is 0 Å². The van der Waals surface area contributed by atoms with Crippen molar-refractivity contribution in [1.29, 1.82) is 0 Å². The Hall–Kier alpha value is -1.98. The number of nitrogens with two attached hydrogens (primary N) is 1. The van der Waals surface area contributed by atoms with E-state index in [1.807, 2.05) is 0 Å². The van der Waals surface area contributed by atoms with Crippen molar-refractivity contribution in [2.75, 3.05) is 7.11 Å². The number of benzene rings is 1. The first-order chi connectivity index (χ1) is 6.99. The van der Waals surface area contributed by atoms with E-state index in [1.165, 1.54) is 12.1 Å². The van der Waals surface area contributed by atoms with Gasteiger partial charge in [-0.05, 0) is 12.1 Å². The highest BCUT2D eigenvalue weighted by Gasteiger charge is 2.04. The molecule has 0 saturated carbocycles. The SMILES string of the molecule is COC(=O)C(N)=O.Fc1ccccc1F. The molecule has 1 aromatic rings. The van der Waals surface area contributed by atoms with Crippen molar-refractivity contribution in [2.24, 2.45) is 5.73 Å². The summed E-state index contributed by atoms with van der Waals surface area (Å²) in [5.74, 6) is -3.68. The fourth-order valence-corrected chi connectivity index (χ4v) is 0.540. The van der Waals surface area contributed by atoms with Crippen LogP contribution in [0.3, 0.4) is 0 Å². The molecule has 15 heavy (non-hydrogen) atoms. The van der Waals surface area contributed by atoms with E-state index in [4.69, 9.17) is 0 Å². The topological polar surface area (TPSA) is 69.4 Å². The highest BCUT2D eigenvalue weighted by atomic mass is 19.2. The Kier molecular flexibility index (Phi) is 5.62. The monoisotopic (exact) mass is 217 g/mol. The summed E-state index contributed by atoms with van der Waals surface area (Å²) in [5.41, 5.74) is 4.43. The molecule has 0 unspecified atom stereocenters. The van der Waals surface area contributed by atoms with Crippen LogP contribution in [0.5, 0.6) is 0 Å². The van der Waals surface area contributed by atoms with Crippen LogP contribution in [0.4, 0.5) is 8.78 Å². The summed E-state index contributed by atoms with van der Waals surface area (Å²) in [5, 5.41) is 0. The molecule has 0 heterocycles. The molecule has 0 radical (unpaired) electrons. The Balaban J connectivity index is 0.000000265. The molecule has 1 rings (SSSR count). The third-order valence-electron chi connectivity index (χ3n) is 1.21. The van der Waals surface area contributed by atoms with E-state index in [0.29, 0.717) is 0 Å². The van der Waals surface area contributed by atoms with Gasteiger partial charge in [-0.1, -0.05) is 12.1 Å². The second-order valence-electron chi connectivity index (χ2n) is 2.27. The maximum Gasteiger partial charge on any atom is 0.396 e. The predicted molar refractivity (Wildman–Crippen MR) is 47.6 cm³/mol. The van der Waals surface area contributed by atoms with Crippen molar-refractivity contribution in [3.05, 3.63) is 35.9 Å². The summed E-state index contributed by atoms with van der Waals surface area (Å²) >= 11 is 0. The van der Waals surface area contributed by atoms with Crippen LogP contribution in [-0.2, 0) is 14.3 Å². The van der Waals surface area contributed by atoms with Crippen molar-refractivity contribution in [3.63, 3.8) is 0 Å². The first kappa shape index (κ1) is 13.0. The van der Waals surface area contributed by atoms with Gasteiger partial charge in [-0.25, -0.2) is 13.6 Å². The standard InChI is InChI=1S/C6H4F2.C3H5NO3/c7-5-3-1-2-4-6(5)8;1-7-3(6)2(4)5/h1-4H;1H3,(H2,4,5). The lowest BCUT2D eigenvalue weighted by Crippen LogP contribution is -2.23. The van der Waals surface area contributed by atoms with E-state index in [1.54, 1.807) is 0 Å². The van der Waals surface area contributed by atoms with Crippen molar-refractivity contribution in [3.8, 4) is 0 Å². The molecule has 0 bridgehead atoms. The number of primary amides is 1. The zero-order valence-electron chi connectivity index (χ0n) is 7.87. The van der Waals surface area contributed by atoms with Crippen LogP contribution in [0.2, 0.25) is 0 Å². The Labute approximate surface area is 84.6 Å². The molecule has 1 amide bonds. The first-order valence-corrected chi connectivity index (χ1v) is 3.76. The molecule has 0 aliphatic carbocycles. The van der Waals surface area contributed by atoms with E-state index in [-0.39, 0.29) is 0 Å². The molecule has 0 aromatic heterocycles. The number of hydrogen-bond acceptors (Lipinski definition) is 3. The number of carbonyl (C=O) groups is 2. The minimum atomic E-state index is -1.07. The van der Waals surface area contributed by atoms with Gasteiger partial charge >= 0.3 is 11.9 Å². The summed E-state index contributed by atoms with van der Waals surface area (Å²) in [4.78, 5) is 19.5. The summed E-state index contributed by atoms with van der Waals surface area (Å²) in [6.07, 6.45) is 0. The molecule has 82 valence electrons. The Morgan fingerprint density at radius 3 is 1.73 bits per heavy atom. The zero-order chi connectivity index (χ0) is 11.8. The van der Waals surface area contributed by atoms with E-state index in [9.17, 15) is 18.4 Å². The number of rotatable bonds is 0. The molecule has 1 aromatic carbocycles. The van der Waals surface area contributed by atoms with E-state index in [0.717, 1.165) is 19.2 Å². The number of amides is 1. The molecule has 0 aliphatic heterocycles. The Morgan fingerprint density at radius 1 is 1.20 bits per heavy atom. The van der Waals surface area contributed by atoms with Gasteiger partial charge in [0.1, 0.15) is 0 Å². The molecule has 6 heteroatoms. The molecular formula is C9H9F2NO3. The number of esters is 1. The third-order valence-corrected chi connectivity index (χ3v) is 1.21. The highest BCUT2D eigenvalue weighted by molar-refractivity contribution is 6.31. The summed E-state index contributed by atoms with van der Waals surface area (Å²) in [7, 11) is 1.09. The molecule has 0 aliphatic rings. The van der Waals surface area contributed by atoms with Gasteiger partial charge in [-0.2, -0.15) is 0 Å². The number of methoxy groups -OCH3 is 1. The average molecular weight is 217 g/mol. The van der Waals surface area contributed by atoms with Crippen LogP contribution in [0.15, 0.2) is 24.3 Å². The van der Waals surface area contributed by atoms with E-state index in [2.05, 4.69) is 10.5 Å². The largest absolute Gasteiger partial charge is 0.462 e.